The second-order valence-corrected chi connectivity index (χ2v) is 8.09. The Hall–Kier alpha value is -2.72. The van der Waals surface area contributed by atoms with Crippen LogP contribution in [0.25, 0.3) is 16.0 Å². The molecule has 0 aliphatic carbocycles. The molecule has 0 saturated heterocycles. The Morgan fingerprint density at radius 3 is 2.96 bits per heavy atom. The van der Waals surface area contributed by atoms with Crippen LogP contribution in [0.5, 0.6) is 0 Å². The molecule has 1 aromatic carbocycles. The van der Waals surface area contributed by atoms with E-state index in [1.165, 1.54) is 23.1 Å². The predicted octanol–water partition coefficient (Wildman–Crippen LogP) is 2.84. The third-order valence-electron chi connectivity index (χ3n) is 3.78. The van der Waals surface area contributed by atoms with E-state index in [4.69, 9.17) is 0 Å². The molecular weight excluding hydrogens is 382 g/mol. The monoisotopic (exact) mass is 399 g/mol. The summed E-state index contributed by atoms with van der Waals surface area (Å²) < 4.78 is 2.68. The van der Waals surface area contributed by atoms with Crippen LogP contribution < -0.4 is 10.2 Å². The molecule has 0 aliphatic rings. The number of benzene rings is 1. The maximum Gasteiger partial charge on any atom is 0.234 e. The lowest BCUT2D eigenvalue weighted by atomic mass is 10.2. The van der Waals surface area contributed by atoms with Gasteiger partial charge in [-0.3, -0.25) is 9.20 Å². The van der Waals surface area contributed by atoms with E-state index < -0.39 is 0 Å². The summed E-state index contributed by atoms with van der Waals surface area (Å²) in [6.45, 7) is 1.99. The summed E-state index contributed by atoms with van der Waals surface area (Å²) in [6, 6.07) is 7.70. The summed E-state index contributed by atoms with van der Waals surface area (Å²) in [5, 5.41) is 12.9. The molecule has 27 heavy (non-hydrogen) atoms. The summed E-state index contributed by atoms with van der Waals surface area (Å²) in [7, 11) is 3.87. The number of carbonyl (C=O) groups is 1. The van der Waals surface area contributed by atoms with Gasteiger partial charge >= 0.3 is 0 Å². The molecule has 4 aromatic rings. The number of aromatic nitrogens is 5. The molecule has 3 aromatic heterocycles. The zero-order chi connectivity index (χ0) is 19.0. The molecule has 4 rings (SSSR count). The molecule has 3 heterocycles. The van der Waals surface area contributed by atoms with Crippen LogP contribution in [-0.4, -0.2) is 50.3 Å². The molecule has 0 spiro atoms. The molecule has 8 nitrogen and oxygen atoms in total. The van der Waals surface area contributed by atoms with Crippen molar-refractivity contribution in [2.24, 2.45) is 0 Å². The van der Waals surface area contributed by atoms with Crippen molar-refractivity contribution in [2.45, 2.75) is 12.1 Å². The fourth-order valence-electron chi connectivity index (χ4n) is 2.52. The van der Waals surface area contributed by atoms with Crippen molar-refractivity contribution < 1.29 is 4.79 Å². The number of nitrogens with one attached hydrogen (secondary N) is 1. The lowest BCUT2D eigenvalue weighted by Crippen LogP contribution is -2.14. The first-order chi connectivity index (χ1) is 13.0. The maximum atomic E-state index is 12.2. The van der Waals surface area contributed by atoms with Gasteiger partial charge in [-0.1, -0.05) is 35.2 Å². The van der Waals surface area contributed by atoms with E-state index in [1.54, 1.807) is 10.7 Å². The number of carbonyl (C=O) groups excluding carboxylic acids is 1. The molecule has 1 N–H and O–H groups in total. The standard InChI is InChI=1S/C17H17N7OS2/c1-10-5-4-6-11(7-10)19-12(25)8-26-17-22-21-15-13-14(18-9-24(15)17)20-16(27-13)23(2)3/h4-7,9H,8H2,1-3H3,(H,19,25). The van der Waals surface area contributed by atoms with Crippen LogP contribution in [0.15, 0.2) is 35.7 Å². The highest BCUT2D eigenvalue weighted by Gasteiger charge is 2.16. The van der Waals surface area contributed by atoms with E-state index in [-0.39, 0.29) is 11.7 Å². The second-order valence-electron chi connectivity index (χ2n) is 6.17. The Morgan fingerprint density at radius 1 is 1.33 bits per heavy atom. The Bertz CT molecular complexity index is 1130. The lowest BCUT2D eigenvalue weighted by molar-refractivity contribution is -0.113. The third kappa shape index (κ3) is 3.58. The Morgan fingerprint density at radius 2 is 2.19 bits per heavy atom. The smallest absolute Gasteiger partial charge is 0.234 e. The van der Waals surface area contributed by atoms with E-state index >= 15 is 0 Å². The van der Waals surface area contributed by atoms with Gasteiger partial charge in [-0.25, -0.2) is 4.98 Å². The number of hydrogen-bond acceptors (Lipinski definition) is 8. The number of thioether (sulfide) groups is 1. The number of aryl methyl sites for hydroxylation is 1. The molecule has 0 bridgehead atoms. The van der Waals surface area contributed by atoms with Gasteiger partial charge in [-0.2, -0.15) is 4.98 Å². The van der Waals surface area contributed by atoms with Crippen molar-refractivity contribution in [3.05, 3.63) is 36.2 Å². The second kappa shape index (κ2) is 7.12. The minimum atomic E-state index is -0.0935. The first-order valence-corrected chi connectivity index (χ1v) is 9.98. The zero-order valence-corrected chi connectivity index (χ0v) is 16.6. The van der Waals surface area contributed by atoms with Gasteiger partial charge in [0.05, 0.1) is 5.75 Å². The molecule has 0 fully saturated rings. The van der Waals surface area contributed by atoms with Gasteiger partial charge in [0.2, 0.25) is 5.91 Å². The van der Waals surface area contributed by atoms with Crippen molar-refractivity contribution in [1.29, 1.82) is 0 Å². The summed E-state index contributed by atoms with van der Waals surface area (Å²) in [4.78, 5) is 23.0. The number of nitrogens with zero attached hydrogens (tertiary/aromatic N) is 6. The van der Waals surface area contributed by atoms with Crippen LogP contribution in [-0.2, 0) is 4.79 Å². The predicted molar refractivity (Wildman–Crippen MR) is 109 cm³/mol. The molecule has 0 atom stereocenters. The summed E-state index contributed by atoms with van der Waals surface area (Å²) in [6.07, 6.45) is 1.65. The Labute approximate surface area is 163 Å². The summed E-state index contributed by atoms with van der Waals surface area (Å²) in [5.74, 6) is 0.141. The van der Waals surface area contributed by atoms with Crippen LogP contribution in [0.3, 0.4) is 0 Å². The van der Waals surface area contributed by atoms with Crippen molar-refractivity contribution in [3.63, 3.8) is 0 Å². The fraction of sp³-hybridized carbons (Fsp3) is 0.235. The highest BCUT2D eigenvalue weighted by molar-refractivity contribution is 7.99. The van der Waals surface area contributed by atoms with Gasteiger partial charge in [0.25, 0.3) is 0 Å². The first-order valence-electron chi connectivity index (χ1n) is 8.18. The Kier molecular flexibility index (Phi) is 4.66. The topological polar surface area (TPSA) is 88.3 Å². The van der Waals surface area contributed by atoms with E-state index in [9.17, 15) is 4.79 Å². The van der Waals surface area contributed by atoms with Crippen LogP contribution >= 0.6 is 23.1 Å². The van der Waals surface area contributed by atoms with Gasteiger partial charge in [-0.05, 0) is 24.6 Å². The first kappa shape index (κ1) is 17.7. The average molecular weight is 400 g/mol. The lowest BCUT2D eigenvalue weighted by Gasteiger charge is -2.05. The van der Waals surface area contributed by atoms with Crippen LogP contribution in [0, 0.1) is 6.92 Å². The molecule has 0 aliphatic heterocycles. The summed E-state index contributed by atoms with van der Waals surface area (Å²) in [5.41, 5.74) is 3.24. The largest absolute Gasteiger partial charge is 0.354 e. The number of fused-ring (bicyclic) bond motifs is 3. The van der Waals surface area contributed by atoms with Crippen molar-refractivity contribution >= 4 is 55.8 Å². The van der Waals surface area contributed by atoms with Crippen LogP contribution in [0.2, 0.25) is 0 Å². The third-order valence-corrected chi connectivity index (χ3v) is 5.93. The van der Waals surface area contributed by atoms with Crippen LogP contribution in [0.1, 0.15) is 5.56 Å². The fourth-order valence-corrected chi connectivity index (χ4v) is 4.14. The van der Waals surface area contributed by atoms with Gasteiger partial charge in [0.15, 0.2) is 21.6 Å². The highest BCUT2D eigenvalue weighted by atomic mass is 32.2. The van der Waals surface area contributed by atoms with E-state index in [1.807, 2.05) is 50.2 Å². The van der Waals surface area contributed by atoms with Crippen molar-refractivity contribution in [1.82, 2.24) is 24.6 Å². The minimum Gasteiger partial charge on any atom is -0.354 e. The SMILES string of the molecule is Cc1cccc(NC(=O)CSc2nnc3c4sc(N(C)C)nc4ncn23)c1. The maximum absolute atomic E-state index is 12.2. The number of rotatable bonds is 5. The molecule has 0 saturated carbocycles. The minimum absolute atomic E-state index is 0.0935. The van der Waals surface area contributed by atoms with E-state index in [2.05, 4.69) is 25.5 Å². The van der Waals surface area contributed by atoms with Gasteiger partial charge in [0.1, 0.15) is 11.0 Å². The van der Waals surface area contributed by atoms with Crippen molar-refractivity contribution in [2.75, 3.05) is 30.1 Å². The Balaban J connectivity index is 1.52. The molecular formula is C17H17N7OS2. The number of thiazole rings is 1. The molecule has 0 radical (unpaired) electrons. The van der Waals surface area contributed by atoms with Crippen LogP contribution in [0.4, 0.5) is 10.8 Å². The number of amides is 1. The van der Waals surface area contributed by atoms with Gasteiger partial charge in [-0.15, -0.1) is 10.2 Å². The molecule has 10 heteroatoms. The number of anilines is 2. The molecule has 1 amide bonds. The molecule has 138 valence electrons. The van der Waals surface area contributed by atoms with Gasteiger partial charge < -0.3 is 10.2 Å². The highest BCUT2D eigenvalue weighted by Crippen LogP contribution is 2.30. The quantitative estimate of drug-likeness (QED) is 0.516. The van der Waals surface area contributed by atoms with Gasteiger partial charge in [0, 0.05) is 19.8 Å². The number of hydrogen-bond donors (Lipinski definition) is 1. The normalized spacial score (nSPS) is 11.2. The molecule has 0 unspecified atom stereocenters. The summed E-state index contributed by atoms with van der Waals surface area (Å²) >= 11 is 2.84. The van der Waals surface area contributed by atoms with E-state index in [0.29, 0.717) is 16.5 Å². The average Bonchev–Trinajstić information content (AvgIpc) is 3.23. The zero-order valence-electron chi connectivity index (χ0n) is 15.0. The van der Waals surface area contributed by atoms with Crippen molar-refractivity contribution in [3.8, 4) is 0 Å². The van der Waals surface area contributed by atoms with E-state index in [0.717, 1.165) is 21.1 Å².